The Labute approximate surface area is 127 Å². The van der Waals surface area contributed by atoms with Crippen molar-refractivity contribution in [2.24, 2.45) is 5.41 Å². The smallest absolute Gasteiger partial charge is 0.297 e. The van der Waals surface area contributed by atoms with Gasteiger partial charge in [0.25, 0.3) is 6.43 Å². The zero-order chi connectivity index (χ0) is 15.6. The van der Waals surface area contributed by atoms with Gasteiger partial charge in [0, 0.05) is 18.5 Å². The lowest BCUT2D eigenvalue weighted by atomic mass is 9.67. The van der Waals surface area contributed by atoms with Gasteiger partial charge in [-0.05, 0) is 36.8 Å². The van der Waals surface area contributed by atoms with E-state index in [0.717, 1.165) is 31.1 Å². The van der Waals surface area contributed by atoms with Crippen molar-refractivity contribution in [2.45, 2.75) is 32.1 Å². The number of halogens is 2. The molecule has 1 aliphatic rings. The molecule has 2 N–H and O–H groups in total. The summed E-state index contributed by atoms with van der Waals surface area (Å²) in [6.07, 6.45) is 1.27. The van der Waals surface area contributed by atoms with Gasteiger partial charge in [0.05, 0.1) is 5.52 Å². The predicted molar refractivity (Wildman–Crippen MR) is 81.0 cm³/mol. The predicted octanol–water partition coefficient (Wildman–Crippen LogP) is 3.53. The van der Waals surface area contributed by atoms with Crippen LogP contribution in [0.1, 0.15) is 37.9 Å². The van der Waals surface area contributed by atoms with Gasteiger partial charge in [-0.15, -0.1) is 0 Å². The monoisotopic (exact) mass is 307 g/mol. The fourth-order valence-corrected chi connectivity index (χ4v) is 3.03. The van der Waals surface area contributed by atoms with Crippen molar-refractivity contribution in [2.75, 3.05) is 18.5 Å². The van der Waals surface area contributed by atoms with Crippen LogP contribution in [0.15, 0.2) is 24.3 Å². The minimum atomic E-state index is -2.69. The van der Waals surface area contributed by atoms with E-state index in [2.05, 4.69) is 15.3 Å². The first-order chi connectivity index (χ1) is 10.6. The summed E-state index contributed by atoms with van der Waals surface area (Å²) < 4.78 is 25.9. The Morgan fingerprint density at radius 3 is 2.64 bits per heavy atom. The average Bonchev–Trinajstić information content (AvgIpc) is 2.49. The van der Waals surface area contributed by atoms with Gasteiger partial charge in [-0.25, -0.2) is 18.7 Å². The lowest BCUT2D eigenvalue weighted by Gasteiger charge is -2.42. The zero-order valence-corrected chi connectivity index (χ0v) is 12.2. The van der Waals surface area contributed by atoms with Crippen LogP contribution >= 0.6 is 0 Å². The van der Waals surface area contributed by atoms with E-state index in [4.69, 9.17) is 0 Å². The molecule has 1 saturated carbocycles. The van der Waals surface area contributed by atoms with Crippen LogP contribution in [0.5, 0.6) is 0 Å². The molecule has 0 aliphatic heterocycles. The summed E-state index contributed by atoms with van der Waals surface area (Å²) in [5.41, 5.74) is 0.575. The summed E-state index contributed by atoms with van der Waals surface area (Å²) in [4.78, 5) is 7.90. The number of aromatic nitrogens is 2. The van der Waals surface area contributed by atoms with Crippen molar-refractivity contribution in [3.63, 3.8) is 0 Å². The van der Waals surface area contributed by atoms with Crippen LogP contribution in [0.3, 0.4) is 0 Å². The van der Waals surface area contributed by atoms with Gasteiger partial charge in [-0.1, -0.05) is 18.6 Å². The summed E-state index contributed by atoms with van der Waals surface area (Å²) in [5.74, 6) is -0.00358. The van der Waals surface area contributed by atoms with Crippen molar-refractivity contribution >= 4 is 16.7 Å². The van der Waals surface area contributed by atoms with Crippen LogP contribution in [-0.4, -0.2) is 28.2 Å². The van der Waals surface area contributed by atoms with Crippen LogP contribution in [0.4, 0.5) is 14.6 Å². The second-order valence-corrected chi connectivity index (χ2v) is 5.93. The van der Waals surface area contributed by atoms with E-state index in [0.29, 0.717) is 17.9 Å². The van der Waals surface area contributed by atoms with Gasteiger partial charge in [-0.3, -0.25) is 0 Å². The fourth-order valence-electron chi connectivity index (χ4n) is 3.03. The number of hydrogen-bond acceptors (Lipinski definition) is 4. The molecular formula is C16H19F2N3O. The normalized spacial score (nSPS) is 16.7. The standard InChI is InChI=1S/C16H19F2N3O/c17-13(18)15-20-12-5-2-1-4-11(12)14(21-15)19-10-16(8-9-22)6-3-7-16/h1-2,4-5,13,22H,3,6-10H2,(H,19,20,21). The molecule has 6 heteroatoms. The summed E-state index contributed by atoms with van der Waals surface area (Å²) in [6.45, 7) is 0.783. The molecule has 3 rings (SSSR count). The highest BCUT2D eigenvalue weighted by Gasteiger charge is 2.36. The van der Waals surface area contributed by atoms with Crippen molar-refractivity contribution in [3.8, 4) is 0 Å². The number of aliphatic hydroxyl groups is 1. The third-order valence-corrected chi connectivity index (χ3v) is 4.50. The summed E-state index contributed by atoms with van der Waals surface area (Å²) in [5, 5.41) is 13.2. The zero-order valence-electron chi connectivity index (χ0n) is 12.2. The van der Waals surface area contributed by atoms with Crippen LogP contribution < -0.4 is 5.32 Å². The number of rotatable bonds is 6. The maximum absolute atomic E-state index is 13.0. The van der Waals surface area contributed by atoms with E-state index in [1.807, 2.05) is 12.1 Å². The van der Waals surface area contributed by atoms with Gasteiger partial charge < -0.3 is 10.4 Å². The van der Waals surface area contributed by atoms with E-state index in [-0.39, 0.29) is 12.0 Å². The molecule has 0 bridgehead atoms. The van der Waals surface area contributed by atoms with E-state index >= 15 is 0 Å². The quantitative estimate of drug-likeness (QED) is 0.857. The molecule has 4 nitrogen and oxygen atoms in total. The highest BCUT2D eigenvalue weighted by molar-refractivity contribution is 5.89. The van der Waals surface area contributed by atoms with E-state index in [9.17, 15) is 13.9 Å². The average molecular weight is 307 g/mol. The molecule has 1 heterocycles. The molecule has 0 amide bonds. The van der Waals surface area contributed by atoms with Gasteiger partial charge >= 0.3 is 0 Å². The van der Waals surface area contributed by atoms with E-state index in [1.54, 1.807) is 12.1 Å². The van der Waals surface area contributed by atoms with Crippen molar-refractivity contribution in [1.29, 1.82) is 0 Å². The van der Waals surface area contributed by atoms with Gasteiger partial charge in [-0.2, -0.15) is 0 Å². The third-order valence-electron chi connectivity index (χ3n) is 4.50. The second-order valence-electron chi connectivity index (χ2n) is 5.93. The van der Waals surface area contributed by atoms with Crippen molar-refractivity contribution in [3.05, 3.63) is 30.1 Å². The van der Waals surface area contributed by atoms with E-state index in [1.165, 1.54) is 0 Å². The summed E-state index contributed by atoms with van der Waals surface area (Å²) >= 11 is 0. The number of nitrogens with one attached hydrogen (secondary N) is 1. The largest absolute Gasteiger partial charge is 0.396 e. The Bertz CT molecular complexity index is 659. The molecule has 0 atom stereocenters. The highest BCUT2D eigenvalue weighted by Crippen LogP contribution is 2.44. The fraction of sp³-hybridized carbons (Fsp3) is 0.500. The molecule has 0 unspecified atom stereocenters. The number of hydrogen-bond donors (Lipinski definition) is 2. The molecule has 1 aliphatic carbocycles. The number of para-hydroxylation sites is 1. The third kappa shape index (κ3) is 2.88. The summed E-state index contributed by atoms with van der Waals surface area (Å²) in [6, 6.07) is 7.15. The molecule has 0 spiro atoms. The second kappa shape index (κ2) is 6.12. The molecule has 1 aromatic carbocycles. The van der Waals surface area contributed by atoms with Crippen LogP contribution in [0.25, 0.3) is 10.9 Å². The number of nitrogens with zero attached hydrogens (tertiary/aromatic N) is 2. The highest BCUT2D eigenvalue weighted by atomic mass is 19.3. The Hall–Kier alpha value is -1.82. The van der Waals surface area contributed by atoms with Gasteiger partial charge in [0.1, 0.15) is 5.82 Å². The van der Waals surface area contributed by atoms with Crippen molar-refractivity contribution < 1.29 is 13.9 Å². The van der Waals surface area contributed by atoms with Crippen molar-refractivity contribution in [1.82, 2.24) is 9.97 Å². The summed E-state index contributed by atoms with van der Waals surface area (Å²) in [7, 11) is 0. The Kier molecular flexibility index (Phi) is 4.20. The lowest BCUT2D eigenvalue weighted by molar-refractivity contribution is 0.101. The molecule has 2 aromatic rings. The van der Waals surface area contributed by atoms with Gasteiger partial charge in [0.2, 0.25) is 0 Å². The Balaban J connectivity index is 1.88. The first-order valence-electron chi connectivity index (χ1n) is 7.53. The maximum Gasteiger partial charge on any atom is 0.297 e. The number of benzene rings is 1. The molecule has 1 aromatic heterocycles. The van der Waals surface area contributed by atoms with E-state index < -0.39 is 12.2 Å². The van der Waals surface area contributed by atoms with Gasteiger partial charge in [0.15, 0.2) is 5.82 Å². The molecule has 0 radical (unpaired) electrons. The number of aliphatic hydroxyl groups excluding tert-OH is 1. The molecule has 0 saturated heterocycles. The number of fused-ring (bicyclic) bond motifs is 1. The molecular weight excluding hydrogens is 288 g/mol. The maximum atomic E-state index is 13.0. The molecule has 118 valence electrons. The minimum absolute atomic E-state index is 0.0613. The Morgan fingerprint density at radius 2 is 2.00 bits per heavy atom. The number of alkyl halides is 2. The van der Waals surface area contributed by atoms with Crippen LogP contribution in [0.2, 0.25) is 0 Å². The lowest BCUT2D eigenvalue weighted by Crippen LogP contribution is -2.37. The first kappa shape index (κ1) is 15.1. The van der Waals surface area contributed by atoms with Crippen LogP contribution in [0, 0.1) is 5.41 Å². The SMILES string of the molecule is OCCC1(CNc2nc(C(F)F)nc3ccccc23)CCC1. The molecule has 1 fully saturated rings. The number of anilines is 1. The minimum Gasteiger partial charge on any atom is -0.396 e. The van der Waals surface area contributed by atoms with Crippen LogP contribution in [-0.2, 0) is 0 Å². The topological polar surface area (TPSA) is 58.0 Å². The molecule has 22 heavy (non-hydrogen) atoms. The first-order valence-corrected chi connectivity index (χ1v) is 7.53. The Morgan fingerprint density at radius 1 is 1.23 bits per heavy atom.